The quantitative estimate of drug-likeness (QED) is 0.806. The van der Waals surface area contributed by atoms with Crippen LogP contribution in [0.1, 0.15) is 25.3 Å². The predicted octanol–water partition coefficient (Wildman–Crippen LogP) is 1.45. The van der Waals surface area contributed by atoms with Gasteiger partial charge in [-0.3, -0.25) is 19.8 Å². The summed E-state index contributed by atoms with van der Waals surface area (Å²) in [5, 5.41) is 3.33. The van der Waals surface area contributed by atoms with Crippen molar-refractivity contribution in [3.8, 4) is 0 Å². The summed E-state index contributed by atoms with van der Waals surface area (Å²) in [6.07, 6.45) is 1.94. The molecular formula is C22H30N4O4. The molecule has 0 saturated carbocycles. The lowest BCUT2D eigenvalue weighted by molar-refractivity contribution is -0.155. The number of hydrogen-bond donors (Lipinski definition) is 1. The summed E-state index contributed by atoms with van der Waals surface area (Å²) in [5.41, 5.74) is 1.99. The SMILES string of the molecule is CCC1CNC2C(C(=O)N(CC(=O)N3CCCc4ccccc43)C(=O)N2C)C1OC. The number of amides is 4. The first-order valence-corrected chi connectivity index (χ1v) is 10.7. The Balaban J connectivity index is 1.58. The Morgan fingerprint density at radius 3 is 2.77 bits per heavy atom. The third-order valence-corrected chi connectivity index (χ3v) is 6.75. The molecule has 1 aromatic rings. The van der Waals surface area contributed by atoms with Crippen molar-refractivity contribution in [2.45, 2.75) is 38.5 Å². The van der Waals surface area contributed by atoms with Crippen molar-refractivity contribution < 1.29 is 19.1 Å². The van der Waals surface area contributed by atoms with Crippen LogP contribution in [0, 0.1) is 11.8 Å². The highest BCUT2D eigenvalue weighted by molar-refractivity contribution is 6.05. The molecular weight excluding hydrogens is 384 g/mol. The molecule has 2 fully saturated rings. The molecule has 1 N–H and O–H groups in total. The zero-order chi connectivity index (χ0) is 21.4. The van der Waals surface area contributed by atoms with Gasteiger partial charge in [0.1, 0.15) is 6.54 Å². The fourth-order valence-electron chi connectivity index (χ4n) is 5.10. The van der Waals surface area contributed by atoms with Crippen molar-refractivity contribution >= 4 is 23.5 Å². The first kappa shape index (κ1) is 20.8. The lowest BCUT2D eigenvalue weighted by Crippen LogP contribution is -2.71. The number of nitrogens with one attached hydrogen (secondary N) is 1. The smallest absolute Gasteiger partial charge is 0.328 e. The van der Waals surface area contributed by atoms with E-state index in [2.05, 4.69) is 12.2 Å². The maximum Gasteiger partial charge on any atom is 0.328 e. The van der Waals surface area contributed by atoms with Crippen molar-refractivity contribution in [2.24, 2.45) is 11.8 Å². The average Bonchev–Trinajstić information content (AvgIpc) is 2.78. The van der Waals surface area contributed by atoms with Crippen LogP contribution in [0.15, 0.2) is 24.3 Å². The van der Waals surface area contributed by atoms with Crippen LogP contribution in [-0.4, -0.2) is 73.7 Å². The molecule has 0 aromatic heterocycles. The molecule has 4 amide bonds. The third-order valence-electron chi connectivity index (χ3n) is 6.75. The molecule has 30 heavy (non-hydrogen) atoms. The third kappa shape index (κ3) is 3.37. The van der Waals surface area contributed by atoms with E-state index >= 15 is 0 Å². The standard InChI is InChI=1S/C22H30N4O4/c1-4-14-12-23-20-18(19(14)30-3)21(28)26(22(29)24(20)2)13-17(27)25-11-7-9-15-8-5-6-10-16(15)25/h5-6,8,10,14,18-20,23H,4,7,9,11-13H2,1-3H3. The molecule has 3 heterocycles. The van der Waals surface area contributed by atoms with Gasteiger partial charge in [0.25, 0.3) is 0 Å². The van der Waals surface area contributed by atoms with Crippen molar-refractivity contribution in [1.29, 1.82) is 0 Å². The summed E-state index contributed by atoms with van der Waals surface area (Å²) < 4.78 is 5.71. The molecule has 8 heteroatoms. The molecule has 8 nitrogen and oxygen atoms in total. The second-order valence-electron chi connectivity index (χ2n) is 8.34. The summed E-state index contributed by atoms with van der Waals surface area (Å²) in [7, 11) is 3.28. The number of fused-ring (bicyclic) bond motifs is 2. The predicted molar refractivity (Wildman–Crippen MR) is 112 cm³/mol. The van der Waals surface area contributed by atoms with Crippen molar-refractivity contribution in [1.82, 2.24) is 15.1 Å². The first-order valence-electron chi connectivity index (χ1n) is 10.7. The highest BCUT2D eigenvalue weighted by Crippen LogP contribution is 2.33. The zero-order valence-corrected chi connectivity index (χ0v) is 17.8. The number of methoxy groups -OCH3 is 1. The van der Waals surface area contributed by atoms with Gasteiger partial charge in [-0.25, -0.2) is 4.79 Å². The summed E-state index contributed by atoms with van der Waals surface area (Å²) in [6.45, 7) is 3.08. The van der Waals surface area contributed by atoms with Crippen LogP contribution in [0.5, 0.6) is 0 Å². The Bertz CT molecular complexity index is 844. The van der Waals surface area contributed by atoms with Crippen molar-refractivity contribution in [3.63, 3.8) is 0 Å². The highest BCUT2D eigenvalue weighted by Gasteiger charge is 2.53. The number of imide groups is 1. The van der Waals surface area contributed by atoms with E-state index in [1.165, 1.54) is 4.90 Å². The fraction of sp³-hybridized carbons (Fsp3) is 0.591. The average molecular weight is 415 g/mol. The zero-order valence-electron chi connectivity index (χ0n) is 17.8. The second kappa shape index (κ2) is 8.35. The van der Waals surface area contributed by atoms with Gasteiger partial charge in [0.2, 0.25) is 11.8 Å². The molecule has 4 atom stereocenters. The molecule has 4 rings (SSSR count). The van der Waals surface area contributed by atoms with Gasteiger partial charge in [-0.05, 0) is 36.8 Å². The van der Waals surface area contributed by atoms with Gasteiger partial charge < -0.3 is 14.5 Å². The van der Waals surface area contributed by atoms with Gasteiger partial charge >= 0.3 is 6.03 Å². The molecule has 0 bridgehead atoms. The van der Waals surface area contributed by atoms with Gasteiger partial charge in [0.05, 0.1) is 18.2 Å². The normalized spacial score (nSPS) is 29.0. The van der Waals surface area contributed by atoms with Crippen LogP contribution in [0.4, 0.5) is 10.5 Å². The Labute approximate surface area is 177 Å². The molecule has 3 aliphatic heterocycles. The minimum absolute atomic E-state index is 0.174. The number of hydrogen-bond acceptors (Lipinski definition) is 5. The number of para-hydroxylation sites is 1. The van der Waals surface area contributed by atoms with E-state index < -0.39 is 18.1 Å². The number of ether oxygens (including phenoxy) is 1. The number of anilines is 1. The van der Waals surface area contributed by atoms with E-state index in [0.717, 1.165) is 35.4 Å². The van der Waals surface area contributed by atoms with Crippen molar-refractivity contribution in [2.75, 3.05) is 38.7 Å². The summed E-state index contributed by atoms with van der Waals surface area (Å²) >= 11 is 0. The topological polar surface area (TPSA) is 82.2 Å². The summed E-state index contributed by atoms with van der Waals surface area (Å²) in [5.74, 6) is -0.925. The van der Waals surface area contributed by atoms with E-state index in [1.54, 1.807) is 19.1 Å². The largest absolute Gasteiger partial charge is 0.380 e. The Morgan fingerprint density at radius 1 is 1.27 bits per heavy atom. The second-order valence-corrected chi connectivity index (χ2v) is 8.34. The molecule has 0 radical (unpaired) electrons. The molecule has 4 unspecified atom stereocenters. The Kier molecular flexibility index (Phi) is 5.79. The van der Waals surface area contributed by atoms with E-state index in [0.29, 0.717) is 13.1 Å². The number of carbonyl (C=O) groups is 3. The molecule has 1 aromatic carbocycles. The van der Waals surface area contributed by atoms with Crippen molar-refractivity contribution in [3.05, 3.63) is 29.8 Å². The number of rotatable bonds is 4. The van der Waals surface area contributed by atoms with Crippen LogP contribution in [0.2, 0.25) is 0 Å². The lowest BCUT2D eigenvalue weighted by Gasteiger charge is -2.50. The number of piperidine rings is 1. The van der Waals surface area contributed by atoms with Crippen LogP contribution in [-0.2, 0) is 20.7 Å². The maximum absolute atomic E-state index is 13.4. The number of aryl methyl sites for hydroxylation is 1. The van der Waals surface area contributed by atoms with E-state index in [4.69, 9.17) is 4.74 Å². The van der Waals surface area contributed by atoms with Gasteiger partial charge in [-0.2, -0.15) is 0 Å². The Hall–Kier alpha value is -2.45. The van der Waals surface area contributed by atoms with Crippen LogP contribution in [0.25, 0.3) is 0 Å². The van der Waals surface area contributed by atoms with Gasteiger partial charge in [0, 0.05) is 32.9 Å². The van der Waals surface area contributed by atoms with Crippen LogP contribution >= 0.6 is 0 Å². The van der Waals surface area contributed by atoms with Gasteiger partial charge in [-0.1, -0.05) is 25.1 Å². The number of benzene rings is 1. The molecule has 0 spiro atoms. The molecule has 162 valence electrons. The number of nitrogens with zero attached hydrogens (tertiary/aromatic N) is 3. The molecule has 3 aliphatic rings. The monoisotopic (exact) mass is 414 g/mol. The fourth-order valence-corrected chi connectivity index (χ4v) is 5.10. The van der Waals surface area contributed by atoms with Gasteiger partial charge in [-0.15, -0.1) is 0 Å². The number of urea groups is 1. The van der Waals surface area contributed by atoms with Gasteiger partial charge in [0.15, 0.2) is 0 Å². The Morgan fingerprint density at radius 2 is 2.03 bits per heavy atom. The summed E-state index contributed by atoms with van der Waals surface area (Å²) in [6, 6.07) is 7.36. The minimum Gasteiger partial charge on any atom is -0.380 e. The lowest BCUT2D eigenvalue weighted by atomic mass is 9.81. The highest BCUT2D eigenvalue weighted by atomic mass is 16.5. The first-order chi connectivity index (χ1) is 14.5. The van der Waals surface area contributed by atoms with E-state index in [9.17, 15) is 14.4 Å². The molecule has 2 saturated heterocycles. The van der Waals surface area contributed by atoms with E-state index in [1.807, 2.05) is 24.3 Å². The number of carbonyl (C=O) groups excluding carboxylic acids is 3. The van der Waals surface area contributed by atoms with Crippen LogP contribution in [0.3, 0.4) is 0 Å². The van der Waals surface area contributed by atoms with Crippen LogP contribution < -0.4 is 10.2 Å². The van der Waals surface area contributed by atoms with E-state index in [-0.39, 0.29) is 30.4 Å². The molecule has 0 aliphatic carbocycles. The summed E-state index contributed by atoms with van der Waals surface area (Å²) in [4.78, 5) is 43.9. The maximum atomic E-state index is 13.4. The minimum atomic E-state index is -0.530.